The van der Waals surface area contributed by atoms with Gasteiger partial charge in [-0.1, -0.05) is 30.3 Å². The molecule has 12 aromatic rings. The Bertz CT molecular complexity index is 5100. The first-order valence-electron chi connectivity index (χ1n) is 31.3. The van der Waals surface area contributed by atoms with E-state index in [1.807, 2.05) is 92.6 Å². The molecule has 20 nitrogen and oxygen atoms in total. The van der Waals surface area contributed by atoms with Crippen LogP contribution in [0.2, 0.25) is 0 Å². The summed E-state index contributed by atoms with van der Waals surface area (Å²) in [4.78, 5) is 55.8. The van der Waals surface area contributed by atoms with Gasteiger partial charge < -0.3 is 40.2 Å². The summed E-state index contributed by atoms with van der Waals surface area (Å²) >= 11 is 8.89. The van der Waals surface area contributed by atoms with E-state index < -0.39 is 17.5 Å². The quantitative estimate of drug-likeness (QED) is 0.0661. The van der Waals surface area contributed by atoms with Crippen molar-refractivity contribution in [3.8, 4) is 23.0 Å². The number of thiophene rings is 4. The van der Waals surface area contributed by atoms with Crippen LogP contribution in [-0.4, -0.2) is 92.9 Å². The summed E-state index contributed by atoms with van der Waals surface area (Å²) in [6.45, 7) is 18.7. The summed E-state index contributed by atoms with van der Waals surface area (Å²) in [5.41, 5.74) is 12.7. The molecule has 28 heteroatoms. The van der Waals surface area contributed by atoms with Crippen LogP contribution in [0.4, 0.5) is 13.2 Å². The van der Waals surface area contributed by atoms with E-state index in [4.69, 9.17) is 18.9 Å². The minimum absolute atomic E-state index is 0.127. The number of amides is 4. The number of carbonyl (C=O) groups is 4. The number of aromatic nitrogens is 8. The standard InChI is InChI=1S/C20H20FN3O2S.C18H18FN3O2S.C17H16BrN3O2S.C17H16FN3O2S/c1-10-11(2)23-24-20-16(10)17(13-5-6-13)18(27-20)19(25)22-9-12-4-7-15(26-3)14(21)8-12;1-9-11(3)21-22-18-15(9)10(2)16(25-18)17(23)20-8-12-5-6-14(24-4)13(19)7-12;1-9-10(2)20-21-17-13(9)14(18)15(24-17)16(22)19-8-11-4-6-12(23-3)7-5-11;1-9-10(2)20-21-17-12(9)7-15(24-17)16(22)19-8-11-4-5-14(23-3)13(18)6-11/h4,7-8,13H,5-6,9H2,1-3H3,(H,22,25);5-7H,8H2,1-4H3,(H,20,23);2*4-7H,8H2,1-3H3,(H,19,22). The lowest BCUT2D eigenvalue weighted by atomic mass is 10.0. The maximum Gasteiger partial charge on any atom is 0.262 e. The van der Waals surface area contributed by atoms with Crippen LogP contribution in [0.3, 0.4) is 0 Å². The van der Waals surface area contributed by atoms with Crippen LogP contribution in [0, 0.1) is 79.8 Å². The van der Waals surface area contributed by atoms with Crippen molar-refractivity contribution in [2.75, 3.05) is 28.4 Å². The van der Waals surface area contributed by atoms with E-state index in [-0.39, 0.29) is 60.5 Å². The molecule has 100 heavy (non-hydrogen) atoms. The highest BCUT2D eigenvalue weighted by Crippen LogP contribution is 2.49. The second-order valence-electron chi connectivity index (χ2n) is 23.4. The maximum absolute atomic E-state index is 13.8. The molecule has 13 rings (SSSR count). The van der Waals surface area contributed by atoms with Gasteiger partial charge in [0.05, 0.1) is 70.3 Å². The molecule has 4 N–H and O–H groups in total. The van der Waals surface area contributed by atoms with Gasteiger partial charge in [-0.05, 0) is 207 Å². The number of methoxy groups -OCH3 is 4. The molecule has 0 unspecified atom stereocenters. The first-order chi connectivity index (χ1) is 47.9. The molecule has 1 aliphatic carbocycles. The summed E-state index contributed by atoms with van der Waals surface area (Å²) in [5.74, 6) is -0.269. The van der Waals surface area contributed by atoms with Gasteiger partial charge in [-0.3, -0.25) is 19.2 Å². The van der Waals surface area contributed by atoms with Crippen molar-refractivity contribution in [1.29, 1.82) is 0 Å². The van der Waals surface area contributed by atoms with E-state index in [2.05, 4.69) is 78.0 Å². The number of hydrogen-bond donors (Lipinski definition) is 4. The number of carbonyl (C=O) groups excluding carboxylic acids is 4. The molecule has 0 saturated heterocycles. The van der Waals surface area contributed by atoms with Gasteiger partial charge in [0.1, 0.15) is 29.9 Å². The molecule has 1 aliphatic rings. The summed E-state index contributed by atoms with van der Waals surface area (Å²) in [6, 6.07) is 23.3. The zero-order valence-electron chi connectivity index (χ0n) is 56.9. The average molecular weight is 1500 g/mol. The zero-order valence-corrected chi connectivity index (χ0v) is 61.7. The molecule has 1 fully saturated rings. The van der Waals surface area contributed by atoms with Crippen molar-refractivity contribution in [3.05, 3.63) is 205 Å². The van der Waals surface area contributed by atoms with Gasteiger partial charge in [0.15, 0.2) is 34.7 Å². The van der Waals surface area contributed by atoms with Gasteiger partial charge >= 0.3 is 0 Å². The largest absolute Gasteiger partial charge is 0.497 e. The molecule has 8 aromatic heterocycles. The van der Waals surface area contributed by atoms with E-state index in [0.29, 0.717) is 48.7 Å². The van der Waals surface area contributed by atoms with Gasteiger partial charge in [0.25, 0.3) is 23.6 Å². The Hall–Kier alpha value is -9.61. The van der Waals surface area contributed by atoms with Crippen LogP contribution < -0.4 is 40.2 Å². The second kappa shape index (κ2) is 32.1. The minimum atomic E-state index is -0.451. The second-order valence-corrected chi connectivity index (χ2v) is 28.2. The van der Waals surface area contributed by atoms with E-state index in [9.17, 15) is 32.3 Å². The summed E-state index contributed by atoms with van der Waals surface area (Å²) < 4.78 is 61.9. The van der Waals surface area contributed by atoms with Crippen LogP contribution in [0.15, 0.2) is 89.4 Å². The fourth-order valence-electron chi connectivity index (χ4n) is 10.6. The molecule has 4 amide bonds. The van der Waals surface area contributed by atoms with Crippen molar-refractivity contribution >= 4 is 126 Å². The Morgan fingerprint density at radius 2 is 0.800 bits per heavy atom. The van der Waals surface area contributed by atoms with Crippen LogP contribution in [0.5, 0.6) is 23.0 Å². The molecular formula is C72H70BrF3N12O8S4. The molecular weight excluding hydrogens is 1430 g/mol. The van der Waals surface area contributed by atoms with Crippen molar-refractivity contribution in [2.24, 2.45) is 0 Å². The lowest BCUT2D eigenvalue weighted by Crippen LogP contribution is -2.22. The number of benzene rings is 4. The van der Waals surface area contributed by atoms with Crippen molar-refractivity contribution in [2.45, 2.75) is 107 Å². The van der Waals surface area contributed by atoms with Crippen LogP contribution in [-0.2, 0) is 26.2 Å². The summed E-state index contributed by atoms with van der Waals surface area (Å²) in [6.07, 6.45) is 2.19. The number of halogens is 4. The van der Waals surface area contributed by atoms with Crippen molar-refractivity contribution in [3.63, 3.8) is 0 Å². The topological polar surface area (TPSA) is 256 Å². The van der Waals surface area contributed by atoms with E-state index >= 15 is 0 Å². The van der Waals surface area contributed by atoms with Crippen LogP contribution in [0.1, 0.15) is 136 Å². The zero-order chi connectivity index (χ0) is 71.8. The Kier molecular flexibility index (Phi) is 23.5. The highest BCUT2D eigenvalue weighted by atomic mass is 79.9. The first kappa shape index (κ1) is 73.1. The Balaban J connectivity index is 0.000000144. The third kappa shape index (κ3) is 16.5. The summed E-state index contributed by atoms with van der Waals surface area (Å²) in [5, 5.41) is 48.7. The predicted molar refractivity (Wildman–Crippen MR) is 388 cm³/mol. The van der Waals surface area contributed by atoms with Crippen molar-refractivity contribution in [1.82, 2.24) is 62.1 Å². The maximum atomic E-state index is 13.8. The van der Waals surface area contributed by atoms with Gasteiger partial charge in [-0.2, -0.15) is 20.4 Å². The highest BCUT2D eigenvalue weighted by Gasteiger charge is 2.34. The SMILES string of the molecule is COc1ccc(CNC(=O)c2cc3c(C)c(C)nnc3s2)cc1F.COc1ccc(CNC(=O)c2sc3nnc(C)c(C)c3c2Br)cc1.COc1ccc(CNC(=O)c2sc3nnc(C)c(C)c3c2C)cc1F.COc1ccc(CNC(=O)c2sc3nnc(C)c(C)c3c2C2CC2)cc1F. The number of aryl methyl sites for hydroxylation is 9. The summed E-state index contributed by atoms with van der Waals surface area (Å²) in [7, 11) is 5.88. The first-order valence-corrected chi connectivity index (χ1v) is 35.3. The number of fused-ring (bicyclic) bond motifs is 4. The third-order valence-electron chi connectivity index (χ3n) is 16.9. The van der Waals surface area contributed by atoms with E-state index in [1.165, 1.54) is 90.9 Å². The Labute approximate surface area is 598 Å². The number of nitrogens with one attached hydrogen (secondary N) is 4. The molecule has 0 aliphatic heterocycles. The fraction of sp³-hybridized carbons (Fsp3) is 0.278. The molecule has 0 radical (unpaired) electrons. The molecule has 0 atom stereocenters. The molecule has 4 aromatic carbocycles. The van der Waals surface area contributed by atoms with Crippen LogP contribution in [0.25, 0.3) is 40.9 Å². The fourth-order valence-corrected chi connectivity index (χ4v) is 15.8. The molecule has 518 valence electrons. The average Bonchev–Trinajstić information content (AvgIpc) is 1.60. The van der Waals surface area contributed by atoms with Gasteiger partial charge in [-0.15, -0.1) is 65.7 Å². The lowest BCUT2D eigenvalue weighted by Gasteiger charge is -2.08. The Morgan fingerprint density at radius 1 is 0.420 bits per heavy atom. The normalized spacial score (nSPS) is 11.7. The third-order valence-corrected chi connectivity index (χ3v) is 22.3. The number of hydrogen-bond acceptors (Lipinski definition) is 20. The number of nitrogens with zero attached hydrogens (tertiary/aromatic N) is 8. The van der Waals surface area contributed by atoms with Crippen LogP contribution >= 0.6 is 61.3 Å². The molecule has 1 saturated carbocycles. The smallest absolute Gasteiger partial charge is 0.262 e. The van der Waals surface area contributed by atoms with Gasteiger partial charge in [0.2, 0.25) is 0 Å². The van der Waals surface area contributed by atoms with E-state index in [0.717, 1.165) is 126 Å². The van der Waals surface area contributed by atoms with E-state index in [1.54, 1.807) is 37.4 Å². The highest BCUT2D eigenvalue weighted by molar-refractivity contribution is 9.10. The minimum Gasteiger partial charge on any atom is -0.497 e. The lowest BCUT2D eigenvalue weighted by molar-refractivity contribution is 0.0946. The van der Waals surface area contributed by atoms with Gasteiger partial charge in [0, 0.05) is 47.7 Å². The Morgan fingerprint density at radius 3 is 1.27 bits per heavy atom. The number of rotatable bonds is 17. The number of ether oxygens (including phenoxy) is 4. The molecule has 8 heterocycles. The predicted octanol–water partition coefficient (Wildman–Crippen LogP) is 15.4. The van der Waals surface area contributed by atoms with Crippen molar-refractivity contribution < 1.29 is 51.3 Å². The molecule has 0 bridgehead atoms. The molecule has 0 spiro atoms. The monoisotopic (exact) mass is 1490 g/mol. The van der Waals surface area contributed by atoms with Gasteiger partial charge in [-0.25, -0.2) is 13.2 Å².